The van der Waals surface area contributed by atoms with E-state index in [0.29, 0.717) is 80.9 Å². The Morgan fingerprint density at radius 1 is 0.926 bits per heavy atom. The zero-order chi connectivity index (χ0) is 47.6. The molecular formula is C49H53BrF2N11O4P. The quantitative estimate of drug-likeness (QED) is 0.0661. The number of aromatic nitrogens is 4. The molecule has 3 saturated heterocycles. The van der Waals surface area contributed by atoms with Crippen LogP contribution in [0.3, 0.4) is 0 Å². The fourth-order valence-electron chi connectivity index (χ4n) is 9.37. The number of piperazine rings is 1. The zero-order valence-electron chi connectivity index (χ0n) is 38.3. The summed E-state index contributed by atoms with van der Waals surface area (Å²) in [4.78, 5) is 53.2. The second kappa shape index (κ2) is 20.2. The number of imide groups is 1. The second-order valence-electron chi connectivity index (χ2n) is 17.6. The zero-order valence-corrected chi connectivity index (χ0v) is 40.8. The monoisotopic (exact) mass is 1010 g/mol. The molecule has 19 heteroatoms. The molecular weight excluding hydrogens is 955 g/mol. The van der Waals surface area contributed by atoms with E-state index in [0.717, 1.165) is 27.0 Å². The van der Waals surface area contributed by atoms with Gasteiger partial charge in [-0.1, -0.05) is 38.3 Å². The molecule has 5 heterocycles. The Balaban J connectivity index is 0.844. The number of carbonyl (C=O) groups is 3. The number of ether oxygens (including phenoxy) is 1. The van der Waals surface area contributed by atoms with Crippen LogP contribution in [0.1, 0.15) is 37.2 Å². The summed E-state index contributed by atoms with van der Waals surface area (Å²) in [5.41, 5.74) is 4.63. The molecule has 0 bridgehead atoms. The first-order valence-corrected chi connectivity index (χ1v) is 25.7. The van der Waals surface area contributed by atoms with Gasteiger partial charge in [-0.3, -0.25) is 29.3 Å². The van der Waals surface area contributed by atoms with Crippen molar-refractivity contribution in [2.24, 2.45) is 7.05 Å². The maximum absolute atomic E-state index is 15.2. The molecule has 4 aromatic carbocycles. The van der Waals surface area contributed by atoms with Crippen molar-refractivity contribution < 1.29 is 27.9 Å². The van der Waals surface area contributed by atoms with Gasteiger partial charge in [0.05, 0.1) is 30.0 Å². The minimum Gasteiger partial charge on any atom is -0.494 e. The lowest BCUT2D eigenvalue weighted by Crippen LogP contribution is -2.52. The van der Waals surface area contributed by atoms with Crippen molar-refractivity contribution in [1.29, 1.82) is 0 Å². The number of hydrogen-bond acceptors (Lipinski definition) is 12. The Labute approximate surface area is 402 Å². The number of hydrogen-bond donors (Lipinski definition) is 4. The first-order chi connectivity index (χ1) is 32.8. The number of benzene rings is 4. The Morgan fingerprint density at radius 3 is 2.37 bits per heavy atom. The molecule has 0 radical (unpaired) electrons. The minimum atomic E-state index is -0.896. The highest BCUT2D eigenvalue weighted by Crippen LogP contribution is 2.42. The summed E-state index contributed by atoms with van der Waals surface area (Å²) in [5.74, 6) is -1.01. The first kappa shape index (κ1) is 46.9. The molecule has 0 spiro atoms. The van der Waals surface area contributed by atoms with Crippen LogP contribution in [-0.4, -0.2) is 120 Å². The number of carbonyl (C=O) groups excluding carboxylic acids is 3. The lowest BCUT2D eigenvalue weighted by atomic mass is 9.89. The maximum Gasteiger partial charge on any atom is 0.249 e. The molecule has 354 valence electrons. The third-order valence-electron chi connectivity index (χ3n) is 12.9. The number of likely N-dealkylation sites (tertiary alicyclic amines) is 1. The third kappa shape index (κ3) is 10.1. The van der Waals surface area contributed by atoms with Crippen LogP contribution in [0.2, 0.25) is 0 Å². The van der Waals surface area contributed by atoms with E-state index in [9.17, 15) is 14.4 Å². The van der Waals surface area contributed by atoms with Crippen LogP contribution < -0.4 is 36.2 Å². The molecule has 6 aromatic rings. The Kier molecular flexibility index (Phi) is 13.9. The molecule has 1 unspecified atom stereocenters. The van der Waals surface area contributed by atoms with Gasteiger partial charge in [-0.15, -0.1) is 0 Å². The number of amides is 3. The van der Waals surface area contributed by atoms with E-state index in [1.807, 2.05) is 36.5 Å². The number of halogens is 3. The van der Waals surface area contributed by atoms with Gasteiger partial charge in [0.2, 0.25) is 23.7 Å². The molecule has 3 aliphatic rings. The molecule has 3 aliphatic heterocycles. The van der Waals surface area contributed by atoms with Gasteiger partial charge in [0.15, 0.2) is 0 Å². The summed E-state index contributed by atoms with van der Waals surface area (Å²) < 4.78 is 38.9. The van der Waals surface area contributed by atoms with Crippen molar-refractivity contribution in [1.82, 2.24) is 34.9 Å². The van der Waals surface area contributed by atoms with Crippen LogP contribution in [0.15, 0.2) is 83.7 Å². The van der Waals surface area contributed by atoms with Crippen molar-refractivity contribution in [3.05, 3.63) is 101 Å². The normalized spacial score (nSPS) is 17.1. The number of piperidine rings is 2. The number of fused-ring (bicyclic) bond motifs is 1. The van der Waals surface area contributed by atoms with E-state index in [-0.39, 0.29) is 36.9 Å². The van der Waals surface area contributed by atoms with Gasteiger partial charge in [-0.05, 0) is 108 Å². The highest BCUT2D eigenvalue weighted by Gasteiger charge is 2.31. The van der Waals surface area contributed by atoms with Crippen LogP contribution in [0.5, 0.6) is 5.75 Å². The fourth-order valence-corrected chi connectivity index (χ4v) is 11.0. The topological polar surface area (TPSA) is 162 Å². The smallest absolute Gasteiger partial charge is 0.249 e. The van der Waals surface area contributed by atoms with Gasteiger partial charge in [0.25, 0.3) is 0 Å². The van der Waals surface area contributed by atoms with Gasteiger partial charge >= 0.3 is 0 Å². The standard InChI is InChI=1S/C49H53BrF2N11O4P/c1-60-27-32(25-54-60)34-23-40(57-49-53-26-35(50)47(59-49)56-38-10-9-30-7-5-6-8-33(30)46(38)68(3)4)42(67-2)24-41(34)62-17-19-63(20-18-62)44(65)28-61-15-13-29(14-16-61)31-21-36(51)45(37(52)22-31)55-39-11-12-43(64)58-48(39)66/h5-10,21-27,29,39,55H,11-20,28H2,1-4H3,(H,58,64,66)(H2,53,56,57,59). The second-order valence-corrected chi connectivity index (χ2v) is 20.7. The van der Waals surface area contributed by atoms with Crippen LogP contribution in [0.25, 0.3) is 21.9 Å². The summed E-state index contributed by atoms with van der Waals surface area (Å²) in [6.07, 6.45) is 7.06. The summed E-state index contributed by atoms with van der Waals surface area (Å²) in [5, 5.41) is 20.0. The average Bonchev–Trinajstić information content (AvgIpc) is 3.77. The van der Waals surface area contributed by atoms with Crippen LogP contribution >= 0.6 is 23.9 Å². The molecule has 4 N–H and O–H groups in total. The Morgan fingerprint density at radius 2 is 1.68 bits per heavy atom. The molecule has 2 aromatic heterocycles. The van der Waals surface area contributed by atoms with Gasteiger partial charge in [0.1, 0.15) is 34.9 Å². The summed E-state index contributed by atoms with van der Waals surface area (Å²) in [7, 11) is 3.06. The Hall–Kier alpha value is -6.23. The Bertz CT molecular complexity index is 2860. The third-order valence-corrected chi connectivity index (χ3v) is 14.9. The SMILES string of the molecule is COc1cc(N2CCN(C(=O)CN3CCC(c4cc(F)c(NC5CCC(=O)NC5=O)c(F)c4)CC3)CC2)c(-c2cnn(C)c2)cc1Nc1ncc(Br)c(Nc2ccc3ccccc3c2P(C)C)n1. The average molecular weight is 1010 g/mol. The molecule has 3 amide bonds. The largest absolute Gasteiger partial charge is 0.494 e. The molecule has 0 saturated carbocycles. The molecule has 0 aliphatic carbocycles. The molecule has 68 heavy (non-hydrogen) atoms. The van der Waals surface area contributed by atoms with Gasteiger partial charge in [0, 0.05) is 85.9 Å². The highest BCUT2D eigenvalue weighted by atomic mass is 79.9. The molecule has 9 rings (SSSR count). The van der Waals surface area contributed by atoms with E-state index in [1.165, 1.54) is 28.2 Å². The van der Waals surface area contributed by atoms with Crippen molar-refractivity contribution in [2.45, 2.75) is 37.6 Å². The van der Waals surface area contributed by atoms with E-state index in [2.05, 4.69) is 107 Å². The number of methoxy groups -OCH3 is 1. The summed E-state index contributed by atoms with van der Waals surface area (Å²) in [6.45, 7) is 8.24. The lowest BCUT2D eigenvalue weighted by Gasteiger charge is -2.39. The van der Waals surface area contributed by atoms with E-state index in [1.54, 1.807) is 18.0 Å². The highest BCUT2D eigenvalue weighted by molar-refractivity contribution is 9.10. The van der Waals surface area contributed by atoms with Crippen molar-refractivity contribution in [2.75, 3.05) is 87.1 Å². The molecule has 15 nitrogen and oxygen atoms in total. The number of nitrogens with zero attached hydrogens (tertiary/aromatic N) is 7. The summed E-state index contributed by atoms with van der Waals surface area (Å²) in [6, 6.07) is 18.4. The van der Waals surface area contributed by atoms with E-state index < -0.39 is 37.4 Å². The van der Waals surface area contributed by atoms with E-state index in [4.69, 9.17) is 9.72 Å². The first-order valence-electron chi connectivity index (χ1n) is 22.6. The van der Waals surface area contributed by atoms with Crippen LogP contribution in [0, 0.1) is 11.6 Å². The predicted molar refractivity (Wildman–Crippen MR) is 267 cm³/mol. The number of nitrogens with one attached hydrogen (secondary N) is 4. The van der Waals surface area contributed by atoms with Crippen LogP contribution in [0.4, 0.5) is 43.3 Å². The van der Waals surface area contributed by atoms with Gasteiger partial charge < -0.3 is 30.5 Å². The number of aryl methyl sites for hydroxylation is 1. The summed E-state index contributed by atoms with van der Waals surface area (Å²) >= 11 is 3.66. The molecule has 1 atom stereocenters. The van der Waals surface area contributed by atoms with Gasteiger partial charge in [-0.25, -0.2) is 13.8 Å². The minimum absolute atomic E-state index is 0.0408. The fraction of sp³-hybridized carbons (Fsp3) is 0.347. The maximum atomic E-state index is 15.2. The number of anilines is 6. The predicted octanol–water partition coefficient (Wildman–Crippen LogP) is 7.68. The van der Waals surface area contributed by atoms with Crippen molar-refractivity contribution in [3.8, 4) is 16.9 Å². The van der Waals surface area contributed by atoms with Gasteiger partial charge in [-0.2, -0.15) is 10.1 Å². The van der Waals surface area contributed by atoms with Crippen LogP contribution in [-0.2, 0) is 21.4 Å². The van der Waals surface area contributed by atoms with Crippen molar-refractivity contribution >= 4 is 92.2 Å². The van der Waals surface area contributed by atoms with E-state index >= 15 is 8.78 Å². The lowest BCUT2D eigenvalue weighted by molar-refractivity contribution is -0.134. The number of rotatable bonds is 13. The van der Waals surface area contributed by atoms with Crippen molar-refractivity contribution in [3.63, 3.8) is 0 Å². The molecule has 3 fully saturated rings.